The summed E-state index contributed by atoms with van der Waals surface area (Å²) < 4.78 is 16.7. The number of aryl methyl sites for hydroxylation is 1. The summed E-state index contributed by atoms with van der Waals surface area (Å²) in [6.07, 6.45) is 2.35. The predicted molar refractivity (Wildman–Crippen MR) is 136 cm³/mol. The number of rotatable bonds is 8. The van der Waals surface area contributed by atoms with Gasteiger partial charge in [0.05, 0.1) is 25.3 Å². The lowest BCUT2D eigenvalue weighted by Crippen LogP contribution is -2.30. The van der Waals surface area contributed by atoms with Crippen molar-refractivity contribution in [1.82, 2.24) is 4.90 Å². The Labute approximate surface area is 207 Å². The fraction of sp³-hybridized carbons (Fsp3) is 0.207. The van der Waals surface area contributed by atoms with Crippen molar-refractivity contribution in [3.8, 4) is 22.8 Å². The third-order valence-electron chi connectivity index (χ3n) is 6.44. The number of fused-ring (bicyclic) bond motifs is 2. The molecule has 0 atom stereocenters. The first-order valence-electron chi connectivity index (χ1n) is 11.7. The Hall–Kier alpha value is -4.39. The van der Waals surface area contributed by atoms with Gasteiger partial charge in [-0.05, 0) is 37.0 Å². The quantitative estimate of drug-likeness (QED) is 0.256. The van der Waals surface area contributed by atoms with E-state index in [-0.39, 0.29) is 17.2 Å². The number of ether oxygens (including phenoxy) is 2. The van der Waals surface area contributed by atoms with Crippen molar-refractivity contribution in [2.45, 2.75) is 19.3 Å². The van der Waals surface area contributed by atoms with Crippen LogP contribution in [-0.4, -0.2) is 37.5 Å². The second-order valence-electron chi connectivity index (χ2n) is 8.64. The average Bonchev–Trinajstić information content (AvgIpc) is 3.15. The summed E-state index contributed by atoms with van der Waals surface area (Å²) in [6.45, 7) is 0.402. The molecule has 1 aliphatic heterocycles. The lowest BCUT2D eigenvalue weighted by Gasteiger charge is -2.13. The van der Waals surface area contributed by atoms with Gasteiger partial charge >= 0.3 is 0 Å². The van der Waals surface area contributed by atoms with E-state index in [0.717, 1.165) is 30.4 Å². The van der Waals surface area contributed by atoms with Gasteiger partial charge in [-0.25, -0.2) is 0 Å². The van der Waals surface area contributed by atoms with Gasteiger partial charge in [0.15, 0.2) is 5.43 Å². The highest BCUT2D eigenvalue weighted by Crippen LogP contribution is 2.32. The van der Waals surface area contributed by atoms with Crippen molar-refractivity contribution in [1.29, 1.82) is 0 Å². The normalized spacial score (nSPS) is 12.8. The SMILES string of the molecule is COc1cc(OC)c2c(=O)cc(-c3ccc(CCCCN4C(=O)c5ccccc5C4=O)cc3)oc2c1. The molecule has 0 radical (unpaired) electrons. The van der Waals surface area contributed by atoms with Gasteiger partial charge in [0, 0.05) is 30.3 Å². The van der Waals surface area contributed by atoms with Gasteiger partial charge in [0.1, 0.15) is 28.2 Å². The molecule has 0 saturated carbocycles. The monoisotopic (exact) mass is 483 g/mol. The molecule has 3 aromatic carbocycles. The maximum atomic E-state index is 12.8. The molecule has 1 aromatic heterocycles. The van der Waals surface area contributed by atoms with Gasteiger partial charge < -0.3 is 13.9 Å². The number of carbonyl (C=O) groups excluding carboxylic acids is 2. The summed E-state index contributed by atoms with van der Waals surface area (Å²) in [7, 11) is 3.04. The Morgan fingerprint density at radius 3 is 2.14 bits per heavy atom. The molecule has 4 aromatic rings. The molecular weight excluding hydrogens is 458 g/mol. The Balaban J connectivity index is 1.24. The number of carbonyl (C=O) groups is 2. The number of unbranched alkanes of at least 4 members (excludes halogenated alkanes) is 1. The Kier molecular flexibility index (Phi) is 6.29. The molecule has 36 heavy (non-hydrogen) atoms. The molecule has 0 unspecified atom stereocenters. The minimum atomic E-state index is -0.216. The van der Waals surface area contributed by atoms with Crippen LogP contribution in [0.4, 0.5) is 0 Å². The van der Waals surface area contributed by atoms with Crippen LogP contribution in [0.25, 0.3) is 22.3 Å². The van der Waals surface area contributed by atoms with Crippen LogP contribution in [0.1, 0.15) is 39.1 Å². The minimum absolute atomic E-state index is 0.192. The third-order valence-corrected chi connectivity index (χ3v) is 6.44. The van der Waals surface area contributed by atoms with Crippen LogP contribution in [0.2, 0.25) is 0 Å². The minimum Gasteiger partial charge on any atom is -0.496 e. The smallest absolute Gasteiger partial charge is 0.261 e. The summed E-state index contributed by atoms with van der Waals surface area (Å²) >= 11 is 0. The zero-order chi connectivity index (χ0) is 25.2. The Bertz CT molecular complexity index is 1480. The van der Waals surface area contributed by atoms with E-state index >= 15 is 0 Å². The van der Waals surface area contributed by atoms with E-state index in [4.69, 9.17) is 13.9 Å². The second-order valence-corrected chi connectivity index (χ2v) is 8.64. The zero-order valence-corrected chi connectivity index (χ0v) is 20.1. The first-order chi connectivity index (χ1) is 17.5. The molecule has 7 nitrogen and oxygen atoms in total. The van der Waals surface area contributed by atoms with E-state index < -0.39 is 0 Å². The molecule has 0 fully saturated rings. The van der Waals surface area contributed by atoms with Crippen LogP contribution >= 0.6 is 0 Å². The highest BCUT2D eigenvalue weighted by molar-refractivity contribution is 6.21. The number of hydrogen-bond donors (Lipinski definition) is 0. The lowest BCUT2D eigenvalue weighted by molar-refractivity contribution is 0.0652. The van der Waals surface area contributed by atoms with Gasteiger partial charge in [0.25, 0.3) is 11.8 Å². The molecule has 0 saturated heterocycles. The summed E-state index contributed by atoms with van der Waals surface area (Å²) in [5.41, 5.74) is 3.07. The van der Waals surface area contributed by atoms with Crippen LogP contribution in [-0.2, 0) is 6.42 Å². The maximum Gasteiger partial charge on any atom is 0.261 e. The number of hydrogen-bond acceptors (Lipinski definition) is 6. The molecule has 0 spiro atoms. The number of nitrogens with zero attached hydrogens (tertiary/aromatic N) is 1. The van der Waals surface area contributed by atoms with E-state index in [0.29, 0.717) is 45.9 Å². The van der Waals surface area contributed by atoms with Gasteiger partial charge in [-0.3, -0.25) is 19.3 Å². The summed E-state index contributed by atoms with van der Waals surface area (Å²) in [5, 5.41) is 0.372. The van der Waals surface area contributed by atoms with Crippen molar-refractivity contribution in [3.05, 3.63) is 93.6 Å². The first kappa shape index (κ1) is 23.4. The van der Waals surface area contributed by atoms with Crippen LogP contribution in [0.3, 0.4) is 0 Å². The van der Waals surface area contributed by atoms with E-state index in [9.17, 15) is 14.4 Å². The molecule has 0 aliphatic carbocycles. The van der Waals surface area contributed by atoms with Crippen molar-refractivity contribution in [3.63, 3.8) is 0 Å². The van der Waals surface area contributed by atoms with Crippen LogP contribution < -0.4 is 14.9 Å². The second kappa shape index (κ2) is 9.70. The third kappa shape index (κ3) is 4.24. The lowest BCUT2D eigenvalue weighted by atomic mass is 10.0. The van der Waals surface area contributed by atoms with Gasteiger partial charge in [-0.2, -0.15) is 0 Å². The van der Waals surface area contributed by atoms with Crippen molar-refractivity contribution < 1.29 is 23.5 Å². The summed E-state index contributed by atoms with van der Waals surface area (Å²) in [4.78, 5) is 39.1. The van der Waals surface area contributed by atoms with Crippen molar-refractivity contribution in [2.75, 3.05) is 20.8 Å². The number of imide groups is 1. The molecule has 2 amide bonds. The first-order valence-corrected chi connectivity index (χ1v) is 11.7. The number of methoxy groups -OCH3 is 2. The van der Waals surface area contributed by atoms with Gasteiger partial charge in [-0.15, -0.1) is 0 Å². The van der Waals surface area contributed by atoms with Crippen LogP contribution in [0.5, 0.6) is 11.5 Å². The highest BCUT2D eigenvalue weighted by atomic mass is 16.5. The van der Waals surface area contributed by atoms with E-state index in [1.165, 1.54) is 18.1 Å². The Morgan fingerprint density at radius 1 is 0.806 bits per heavy atom. The topological polar surface area (TPSA) is 86.0 Å². The highest BCUT2D eigenvalue weighted by Gasteiger charge is 2.34. The number of amides is 2. The Morgan fingerprint density at radius 2 is 1.50 bits per heavy atom. The molecular formula is C29H25NO6. The molecule has 182 valence electrons. The van der Waals surface area contributed by atoms with Gasteiger partial charge in [0.2, 0.25) is 0 Å². The number of benzene rings is 3. The fourth-order valence-electron chi connectivity index (χ4n) is 4.53. The standard InChI is InChI=1S/C29H25NO6/c1-34-20-15-25(35-2)27-23(31)17-24(36-26(27)16-20)19-12-10-18(11-13-19)7-5-6-14-30-28(32)21-8-3-4-9-22(21)29(30)33/h3-4,8-13,15-17H,5-7,14H2,1-2H3. The molecule has 0 N–H and O–H groups in total. The molecule has 5 rings (SSSR count). The predicted octanol–water partition coefficient (Wildman–Crippen LogP) is 5.10. The zero-order valence-electron chi connectivity index (χ0n) is 20.1. The summed E-state index contributed by atoms with van der Waals surface area (Å²) in [5.74, 6) is 0.969. The maximum absolute atomic E-state index is 12.8. The fourth-order valence-corrected chi connectivity index (χ4v) is 4.53. The van der Waals surface area contributed by atoms with Crippen molar-refractivity contribution in [2.24, 2.45) is 0 Å². The molecule has 0 bridgehead atoms. The molecule has 2 heterocycles. The van der Waals surface area contributed by atoms with E-state index in [1.807, 2.05) is 24.3 Å². The molecule has 1 aliphatic rings. The van der Waals surface area contributed by atoms with Crippen LogP contribution in [0.15, 0.2) is 75.9 Å². The largest absolute Gasteiger partial charge is 0.496 e. The average molecular weight is 484 g/mol. The van der Waals surface area contributed by atoms with Crippen LogP contribution in [0, 0.1) is 0 Å². The van der Waals surface area contributed by atoms with Crippen molar-refractivity contribution >= 4 is 22.8 Å². The van der Waals surface area contributed by atoms with Gasteiger partial charge in [-0.1, -0.05) is 36.4 Å². The molecule has 7 heteroatoms. The van der Waals surface area contributed by atoms with E-state index in [1.54, 1.807) is 43.5 Å². The summed E-state index contributed by atoms with van der Waals surface area (Å²) in [6, 6.07) is 19.6. The van der Waals surface area contributed by atoms with E-state index in [2.05, 4.69) is 0 Å².